The number of hydrogen-bond acceptors (Lipinski definition) is 2. The van der Waals surface area contributed by atoms with Crippen LogP contribution in [-0.4, -0.2) is 23.6 Å². The first-order chi connectivity index (χ1) is 8.78. The number of hydrogen-bond donors (Lipinski definition) is 1. The molecule has 0 unspecified atom stereocenters. The van der Waals surface area contributed by atoms with Crippen molar-refractivity contribution in [1.29, 1.82) is 0 Å². The van der Waals surface area contributed by atoms with Crippen LogP contribution in [-0.2, 0) is 0 Å². The largest absolute Gasteiger partial charge is 0.313 e. The van der Waals surface area contributed by atoms with Crippen molar-refractivity contribution < 1.29 is 0 Å². The number of thioether (sulfide) groups is 1. The minimum Gasteiger partial charge on any atom is -0.313 e. The third kappa shape index (κ3) is 3.90. The van der Waals surface area contributed by atoms with E-state index in [1.54, 1.807) is 0 Å². The van der Waals surface area contributed by atoms with Crippen LogP contribution in [0.25, 0.3) is 0 Å². The Morgan fingerprint density at radius 1 is 1.11 bits per heavy atom. The van der Waals surface area contributed by atoms with Crippen LogP contribution in [0.3, 0.4) is 0 Å². The highest BCUT2D eigenvalue weighted by atomic mass is 32.2. The molecular formula is C16H31NS. The lowest BCUT2D eigenvalue weighted by atomic mass is 9.83. The van der Waals surface area contributed by atoms with Crippen LogP contribution >= 0.6 is 11.8 Å². The van der Waals surface area contributed by atoms with Crippen molar-refractivity contribution in [1.82, 2.24) is 5.32 Å². The summed E-state index contributed by atoms with van der Waals surface area (Å²) in [5, 5.41) is 3.90. The Bertz CT molecular complexity index is 227. The van der Waals surface area contributed by atoms with Crippen molar-refractivity contribution in [3.05, 3.63) is 0 Å². The molecule has 0 heterocycles. The Balaban J connectivity index is 1.68. The summed E-state index contributed by atoms with van der Waals surface area (Å²) in [5.41, 5.74) is 0. The van der Waals surface area contributed by atoms with Gasteiger partial charge in [-0.15, -0.1) is 0 Å². The molecule has 2 aliphatic carbocycles. The van der Waals surface area contributed by atoms with Crippen molar-refractivity contribution in [3.8, 4) is 0 Å². The van der Waals surface area contributed by atoms with Gasteiger partial charge in [0.05, 0.1) is 0 Å². The topological polar surface area (TPSA) is 12.0 Å². The second-order valence-corrected chi connectivity index (χ2v) is 7.76. The van der Waals surface area contributed by atoms with Crippen molar-refractivity contribution in [2.75, 3.05) is 12.8 Å². The van der Waals surface area contributed by atoms with Crippen molar-refractivity contribution in [3.63, 3.8) is 0 Å². The Morgan fingerprint density at radius 2 is 1.78 bits per heavy atom. The Morgan fingerprint density at radius 3 is 2.33 bits per heavy atom. The molecule has 0 spiro atoms. The molecule has 1 N–H and O–H groups in total. The fourth-order valence-corrected chi connectivity index (χ4v) is 4.79. The standard InChI is InChI=1S/C16H31NS/c1-3-6-14-7-9-15(10-8-14)17-13-16(18-2)11-4-5-12-16/h14-15,17H,3-13H2,1-2H3. The van der Waals surface area contributed by atoms with E-state index in [1.807, 2.05) is 0 Å². The zero-order valence-electron chi connectivity index (χ0n) is 12.3. The molecule has 18 heavy (non-hydrogen) atoms. The molecule has 2 aliphatic rings. The highest BCUT2D eigenvalue weighted by Crippen LogP contribution is 2.40. The highest BCUT2D eigenvalue weighted by molar-refractivity contribution is 8.00. The van der Waals surface area contributed by atoms with E-state index in [0.29, 0.717) is 4.75 Å². The third-order valence-corrected chi connectivity index (χ3v) is 6.62. The third-order valence-electron chi connectivity index (χ3n) is 5.20. The molecule has 0 bridgehead atoms. The van der Waals surface area contributed by atoms with Crippen LogP contribution in [0.5, 0.6) is 0 Å². The van der Waals surface area contributed by atoms with Gasteiger partial charge >= 0.3 is 0 Å². The molecule has 0 radical (unpaired) electrons. The molecule has 0 atom stereocenters. The van der Waals surface area contributed by atoms with E-state index in [9.17, 15) is 0 Å². The summed E-state index contributed by atoms with van der Waals surface area (Å²) in [4.78, 5) is 0. The summed E-state index contributed by atoms with van der Waals surface area (Å²) in [6, 6.07) is 0.822. The van der Waals surface area contributed by atoms with Gasteiger partial charge in [0.15, 0.2) is 0 Å². The van der Waals surface area contributed by atoms with Crippen LogP contribution in [0, 0.1) is 5.92 Å². The Hall–Kier alpha value is 0.310. The van der Waals surface area contributed by atoms with Crippen LogP contribution in [0.1, 0.15) is 71.1 Å². The molecule has 0 aromatic heterocycles. The summed E-state index contributed by atoms with van der Waals surface area (Å²) in [7, 11) is 0. The first-order valence-corrected chi connectivity index (χ1v) is 9.29. The quantitative estimate of drug-likeness (QED) is 0.755. The lowest BCUT2D eigenvalue weighted by Crippen LogP contribution is -2.42. The average Bonchev–Trinajstić information content (AvgIpc) is 2.88. The second kappa shape index (κ2) is 7.19. The van der Waals surface area contributed by atoms with E-state index in [1.165, 1.54) is 70.8 Å². The van der Waals surface area contributed by atoms with E-state index in [2.05, 4.69) is 30.3 Å². The molecule has 2 heteroatoms. The maximum absolute atomic E-state index is 3.90. The van der Waals surface area contributed by atoms with E-state index in [0.717, 1.165) is 12.0 Å². The van der Waals surface area contributed by atoms with Gasteiger partial charge in [-0.25, -0.2) is 0 Å². The Kier molecular flexibility index (Phi) is 5.88. The van der Waals surface area contributed by atoms with Gasteiger partial charge in [-0.05, 0) is 50.7 Å². The van der Waals surface area contributed by atoms with E-state index in [4.69, 9.17) is 0 Å². The van der Waals surface area contributed by atoms with Gasteiger partial charge < -0.3 is 5.32 Å². The van der Waals surface area contributed by atoms with Gasteiger partial charge in [-0.2, -0.15) is 11.8 Å². The molecule has 2 rings (SSSR count). The smallest absolute Gasteiger partial charge is 0.0281 e. The maximum atomic E-state index is 3.90. The predicted molar refractivity (Wildman–Crippen MR) is 83.4 cm³/mol. The normalized spacial score (nSPS) is 31.7. The molecule has 0 aromatic rings. The molecular weight excluding hydrogens is 238 g/mol. The van der Waals surface area contributed by atoms with Crippen LogP contribution in [0.4, 0.5) is 0 Å². The molecule has 2 fully saturated rings. The summed E-state index contributed by atoms with van der Waals surface area (Å²) in [6.07, 6.45) is 16.7. The van der Waals surface area contributed by atoms with Gasteiger partial charge in [-0.3, -0.25) is 0 Å². The molecule has 2 saturated carbocycles. The van der Waals surface area contributed by atoms with Gasteiger partial charge in [0, 0.05) is 17.3 Å². The van der Waals surface area contributed by atoms with Gasteiger partial charge in [0.2, 0.25) is 0 Å². The lowest BCUT2D eigenvalue weighted by molar-refractivity contribution is 0.273. The van der Waals surface area contributed by atoms with Crippen molar-refractivity contribution in [2.45, 2.75) is 81.9 Å². The Labute approximate surface area is 118 Å². The maximum Gasteiger partial charge on any atom is 0.0281 e. The summed E-state index contributed by atoms with van der Waals surface area (Å²) in [6.45, 7) is 3.59. The van der Waals surface area contributed by atoms with Crippen LogP contribution in [0.15, 0.2) is 0 Å². The second-order valence-electron chi connectivity index (χ2n) is 6.48. The SMILES string of the molecule is CCCC1CCC(NCC2(SC)CCCC2)CC1. The molecule has 106 valence electrons. The molecule has 0 saturated heterocycles. The van der Waals surface area contributed by atoms with E-state index < -0.39 is 0 Å². The van der Waals surface area contributed by atoms with Gasteiger partial charge in [0.25, 0.3) is 0 Å². The zero-order chi connectivity index (χ0) is 12.8. The number of nitrogens with one attached hydrogen (secondary N) is 1. The summed E-state index contributed by atoms with van der Waals surface area (Å²) >= 11 is 2.11. The minimum atomic E-state index is 0.584. The predicted octanol–water partition coefficient (Wildman–Crippen LogP) is 4.61. The highest BCUT2D eigenvalue weighted by Gasteiger charge is 2.33. The van der Waals surface area contributed by atoms with Gasteiger partial charge in [-0.1, -0.05) is 32.6 Å². The van der Waals surface area contributed by atoms with Crippen molar-refractivity contribution >= 4 is 11.8 Å². The zero-order valence-corrected chi connectivity index (χ0v) is 13.2. The van der Waals surface area contributed by atoms with E-state index >= 15 is 0 Å². The molecule has 0 aromatic carbocycles. The monoisotopic (exact) mass is 269 g/mol. The fourth-order valence-electron chi connectivity index (χ4n) is 3.87. The molecule has 0 amide bonds. The first-order valence-electron chi connectivity index (χ1n) is 8.06. The minimum absolute atomic E-state index is 0.584. The summed E-state index contributed by atoms with van der Waals surface area (Å²) in [5.74, 6) is 1.04. The first kappa shape index (κ1) is 14.7. The molecule has 0 aliphatic heterocycles. The average molecular weight is 269 g/mol. The number of rotatable bonds is 6. The van der Waals surface area contributed by atoms with Crippen LogP contribution < -0.4 is 5.32 Å². The van der Waals surface area contributed by atoms with E-state index in [-0.39, 0.29) is 0 Å². The van der Waals surface area contributed by atoms with Crippen molar-refractivity contribution in [2.24, 2.45) is 5.92 Å². The summed E-state index contributed by atoms with van der Waals surface area (Å²) < 4.78 is 0.584. The molecule has 1 nitrogen and oxygen atoms in total. The lowest BCUT2D eigenvalue weighted by Gasteiger charge is -2.33. The van der Waals surface area contributed by atoms with Gasteiger partial charge in [0.1, 0.15) is 0 Å². The van der Waals surface area contributed by atoms with Crippen LogP contribution in [0.2, 0.25) is 0 Å². The fraction of sp³-hybridized carbons (Fsp3) is 1.00.